The molecule has 3 heterocycles. The Kier molecular flexibility index (Phi) is 11.2. The Morgan fingerprint density at radius 1 is 1.12 bits per heavy atom. The van der Waals surface area contributed by atoms with E-state index >= 15 is 0 Å². The van der Waals surface area contributed by atoms with E-state index in [9.17, 15) is 14.4 Å². The SMILES string of the molecule is CC(C)CCC[C@@H](C)[C@H]1CCC2C3CC=C4CC(C[C@H]5O[C@@H](n6cnc7c(N)ncnc76)C[C@@H]5OP(=O)([O-])O)CC[C@]4(C)C3CC[C@@]21C.[Na+]. The average Bonchev–Trinajstić information content (AvgIpc) is 3.72. The molecule has 3 N–H and O–H groups in total. The normalized spacial score (nSPS) is 39.1. The molecule has 2 aromatic heterocycles. The molecule has 12 heteroatoms. The molecule has 1 aliphatic heterocycles. The first-order valence-corrected chi connectivity index (χ1v) is 20.3. The fourth-order valence-corrected chi connectivity index (χ4v) is 12.3. The van der Waals surface area contributed by atoms with Crippen molar-refractivity contribution < 1.29 is 53.2 Å². The number of nitrogens with zero attached hydrogens (tertiary/aromatic N) is 4. The van der Waals surface area contributed by atoms with Crippen molar-refractivity contribution in [1.29, 1.82) is 0 Å². The molecule has 10 nitrogen and oxygen atoms in total. The molecule has 266 valence electrons. The van der Waals surface area contributed by atoms with E-state index in [1.807, 2.05) is 0 Å². The van der Waals surface area contributed by atoms with E-state index in [1.54, 1.807) is 16.5 Å². The summed E-state index contributed by atoms with van der Waals surface area (Å²) in [6, 6.07) is 0. The van der Waals surface area contributed by atoms with Crippen molar-refractivity contribution in [1.82, 2.24) is 19.5 Å². The summed E-state index contributed by atoms with van der Waals surface area (Å²) in [5.74, 6) is 5.49. The maximum Gasteiger partial charge on any atom is 1.00 e. The number of hydrogen-bond acceptors (Lipinski definition) is 8. The van der Waals surface area contributed by atoms with Crippen LogP contribution in [0.5, 0.6) is 0 Å². The Morgan fingerprint density at radius 2 is 1.92 bits per heavy atom. The smallest absolute Gasteiger partial charge is 0.756 e. The quantitative estimate of drug-likeness (QED) is 0.206. The van der Waals surface area contributed by atoms with Gasteiger partial charge in [-0.1, -0.05) is 65.5 Å². The molecule has 0 amide bonds. The maximum atomic E-state index is 11.9. The number of ether oxygens (including phenoxy) is 1. The van der Waals surface area contributed by atoms with Crippen LogP contribution in [0.25, 0.3) is 11.2 Å². The molecule has 7 rings (SSSR count). The minimum absolute atomic E-state index is 0. The van der Waals surface area contributed by atoms with Crippen LogP contribution in [-0.4, -0.2) is 36.6 Å². The van der Waals surface area contributed by atoms with E-state index in [-0.39, 0.29) is 47.2 Å². The van der Waals surface area contributed by atoms with Crippen LogP contribution in [0, 0.1) is 52.3 Å². The number of anilines is 1. The molecule has 0 spiro atoms. The van der Waals surface area contributed by atoms with Crippen molar-refractivity contribution in [2.75, 3.05) is 5.73 Å². The van der Waals surface area contributed by atoms with Crippen LogP contribution in [0.1, 0.15) is 124 Å². The number of fused-ring (bicyclic) bond motifs is 6. The fourth-order valence-electron chi connectivity index (χ4n) is 11.7. The van der Waals surface area contributed by atoms with E-state index in [0.29, 0.717) is 28.9 Å². The second-order valence-corrected chi connectivity index (χ2v) is 18.3. The van der Waals surface area contributed by atoms with Gasteiger partial charge < -0.3 is 24.8 Å². The summed E-state index contributed by atoms with van der Waals surface area (Å²) in [5.41, 5.74) is 9.32. The first kappa shape index (κ1) is 37.9. The van der Waals surface area contributed by atoms with Gasteiger partial charge in [-0.2, -0.15) is 0 Å². The monoisotopic (exact) mass is 705 g/mol. The summed E-state index contributed by atoms with van der Waals surface area (Å²) in [4.78, 5) is 34.3. The molecule has 2 aromatic rings. The van der Waals surface area contributed by atoms with Crippen LogP contribution in [0.4, 0.5) is 5.82 Å². The van der Waals surface area contributed by atoms with Crippen molar-refractivity contribution in [3.05, 3.63) is 24.3 Å². The number of phosphoric ester groups is 1. The van der Waals surface area contributed by atoms with Gasteiger partial charge in [0, 0.05) is 6.42 Å². The van der Waals surface area contributed by atoms with Crippen molar-refractivity contribution in [2.24, 2.45) is 52.3 Å². The van der Waals surface area contributed by atoms with E-state index < -0.39 is 26.3 Å². The first-order chi connectivity index (χ1) is 22.8. The number of nitrogen functional groups attached to an aromatic ring is 1. The molecule has 0 bridgehead atoms. The second-order valence-electron chi connectivity index (χ2n) is 17.2. The van der Waals surface area contributed by atoms with Gasteiger partial charge in [0.05, 0.1) is 18.5 Å². The molecule has 5 unspecified atom stereocenters. The van der Waals surface area contributed by atoms with Crippen LogP contribution in [0.15, 0.2) is 24.3 Å². The minimum Gasteiger partial charge on any atom is -0.756 e. The van der Waals surface area contributed by atoms with Crippen molar-refractivity contribution >= 4 is 24.8 Å². The zero-order chi connectivity index (χ0) is 34.0. The number of hydrogen-bond donors (Lipinski definition) is 2. The number of nitrogens with two attached hydrogens (primary N) is 1. The third-order valence-corrected chi connectivity index (χ3v) is 14.7. The van der Waals surface area contributed by atoms with Crippen LogP contribution >= 0.6 is 7.82 Å². The second kappa shape index (κ2) is 14.5. The molecule has 1 saturated heterocycles. The molecule has 3 saturated carbocycles. The van der Waals surface area contributed by atoms with E-state index in [0.717, 1.165) is 54.8 Å². The molecule has 0 radical (unpaired) electrons. The van der Waals surface area contributed by atoms with Gasteiger partial charge in [-0.15, -0.1) is 0 Å². The summed E-state index contributed by atoms with van der Waals surface area (Å²) < 4.78 is 25.4. The number of aromatic nitrogens is 4. The van der Waals surface area contributed by atoms with Gasteiger partial charge in [-0.05, 0) is 110 Å². The summed E-state index contributed by atoms with van der Waals surface area (Å²) in [6.07, 6.45) is 18.8. The molecular weight excluding hydrogens is 648 g/mol. The third kappa shape index (κ3) is 7.25. The van der Waals surface area contributed by atoms with Gasteiger partial charge in [0.25, 0.3) is 7.82 Å². The summed E-state index contributed by atoms with van der Waals surface area (Å²) in [7, 11) is -4.96. The van der Waals surface area contributed by atoms with E-state index in [4.69, 9.17) is 15.0 Å². The molecule has 12 atom stereocenters. The van der Waals surface area contributed by atoms with Crippen LogP contribution in [-0.2, 0) is 13.8 Å². The standard InChI is InChI=1S/C37H58N5O5P.Na/c1-22(2)7-6-8-23(3)27-11-12-28-26-10-9-25-17-24(13-15-36(25,4)29(26)14-16-37(27,28)5)18-30-31(47-48(43,44)45)19-32(46-30)42-21-41-33-34(38)39-20-40-35(33)42;/h9,20-24,26-32H,6-8,10-19H2,1-5H3,(H2,38,39,40)(H2,43,44,45);/q;+1/p-1/t23-,24?,26?,27-,28?,29?,30-,31+,32-,36+,37-;/m1./s1. The number of phosphoric acid groups is 1. The number of allylic oxidation sites excluding steroid dienone is 2. The molecule has 49 heavy (non-hydrogen) atoms. The van der Waals surface area contributed by atoms with Crippen molar-refractivity contribution in [3.8, 4) is 0 Å². The summed E-state index contributed by atoms with van der Waals surface area (Å²) >= 11 is 0. The van der Waals surface area contributed by atoms with E-state index in [1.165, 1.54) is 57.7 Å². The predicted octanol–water partition coefficient (Wildman–Crippen LogP) is 4.59. The van der Waals surface area contributed by atoms with Gasteiger partial charge >= 0.3 is 29.6 Å². The Balaban J connectivity index is 0.00000417. The Hall–Kier alpha value is -0.840. The van der Waals surface area contributed by atoms with E-state index in [2.05, 4.69) is 55.6 Å². The van der Waals surface area contributed by atoms with Crippen molar-refractivity contribution in [3.63, 3.8) is 0 Å². The van der Waals surface area contributed by atoms with Crippen LogP contribution in [0.3, 0.4) is 0 Å². The zero-order valence-corrected chi connectivity index (χ0v) is 33.5. The van der Waals surface area contributed by atoms with Crippen LogP contribution in [0.2, 0.25) is 0 Å². The summed E-state index contributed by atoms with van der Waals surface area (Å²) in [5, 5.41) is 0. The van der Waals surface area contributed by atoms with Gasteiger partial charge in [0.2, 0.25) is 0 Å². The van der Waals surface area contributed by atoms with Gasteiger partial charge in [-0.25, -0.2) is 15.0 Å². The molecule has 5 aliphatic rings. The molecule has 4 aliphatic carbocycles. The number of rotatable bonds is 10. The largest absolute Gasteiger partial charge is 1.00 e. The Labute approximate surface area is 314 Å². The molecule has 0 aromatic carbocycles. The van der Waals surface area contributed by atoms with Crippen molar-refractivity contribution in [2.45, 2.75) is 137 Å². The zero-order valence-electron chi connectivity index (χ0n) is 30.6. The average molecular weight is 706 g/mol. The first-order valence-electron chi connectivity index (χ1n) is 18.8. The Bertz CT molecular complexity index is 1560. The van der Waals surface area contributed by atoms with Gasteiger partial charge in [0.15, 0.2) is 11.5 Å². The maximum absolute atomic E-state index is 11.9. The minimum atomic E-state index is -4.96. The molecular formula is C37H57N5NaO5P. The van der Waals surface area contributed by atoms with Gasteiger partial charge in [-0.3, -0.25) is 9.13 Å². The topological polar surface area (TPSA) is 148 Å². The fraction of sp³-hybridized carbons (Fsp3) is 0.811. The van der Waals surface area contributed by atoms with Gasteiger partial charge in [0.1, 0.15) is 18.1 Å². The van der Waals surface area contributed by atoms with Crippen LogP contribution < -0.4 is 40.2 Å². The molecule has 4 fully saturated rings. The Morgan fingerprint density at radius 3 is 2.67 bits per heavy atom. The number of imidazole rings is 1. The third-order valence-electron chi connectivity index (χ3n) is 14.1. The summed E-state index contributed by atoms with van der Waals surface area (Å²) in [6.45, 7) is 12.5. The predicted molar refractivity (Wildman–Crippen MR) is 184 cm³/mol.